The van der Waals surface area contributed by atoms with Gasteiger partial charge in [0, 0.05) is 19.7 Å². The average molecular weight is 284 g/mol. The van der Waals surface area contributed by atoms with E-state index >= 15 is 0 Å². The van der Waals surface area contributed by atoms with Crippen LogP contribution in [0, 0.1) is 5.92 Å². The molecule has 1 aromatic heterocycles. The minimum Gasteiger partial charge on any atom is -0.396 e. The summed E-state index contributed by atoms with van der Waals surface area (Å²) in [6.45, 7) is 6.02. The Hall–Kier alpha value is -0.840. The lowest BCUT2D eigenvalue weighted by Gasteiger charge is -2.30. The van der Waals surface area contributed by atoms with Gasteiger partial charge in [-0.25, -0.2) is 4.98 Å². The van der Waals surface area contributed by atoms with E-state index in [1.807, 2.05) is 12.1 Å². The van der Waals surface area contributed by atoms with Crippen LogP contribution in [0.1, 0.15) is 25.5 Å². The standard InChI is InChI=1S/C14H22ClN3O/c1-2-16-14-4-3-12(15)13(17-14)9-18-7-5-11(10-19)6-8-18/h3-4,11,19H,2,5-10H2,1H3,(H,16,17). The summed E-state index contributed by atoms with van der Waals surface area (Å²) in [5.74, 6) is 1.35. The molecule has 1 aliphatic heterocycles. The lowest BCUT2D eigenvalue weighted by molar-refractivity contribution is 0.126. The summed E-state index contributed by atoms with van der Waals surface area (Å²) in [6.07, 6.45) is 2.11. The zero-order chi connectivity index (χ0) is 13.7. The number of aromatic nitrogens is 1. The summed E-state index contributed by atoms with van der Waals surface area (Å²) in [7, 11) is 0. The van der Waals surface area contributed by atoms with Crippen LogP contribution in [0.4, 0.5) is 5.82 Å². The number of likely N-dealkylation sites (tertiary alicyclic amines) is 1. The molecular formula is C14H22ClN3O. The van der Waals surface area contributed by atoms with Crippen LogP contribution < -0.4 is 5.32 Å². The largest absolute Gasteiger partial charge is 0.396 e. The van der Waals surface area contributed by atoms with Crippen molar-refractivity contribution in [2.75, 3.05) is 31.6 Å². The quantitative estimate of drug-likeness (QED) is 0.871. The van der Waals surface area contributed by atoms with E-state index in [1.165, 1.54) is 0 Å². The molecule has 2 N–H and O–H groups in total. The SMILES string of the molecule is CCNc1ccc(Cl)c(CN2CCC(CO)CC2)n1. The molecule has 0 spiro atoms. The molecule has 5 heteroatoms. The summed E-state index contributed by atoms with van der Waals surface area (Å²) >= 11 is 6.21. The zero-order valence-electron chi connectivity index (χ0n) is 11.4. The van der Waals surface area contributed by atoms with Gasteiger partial charge in [0.05, 0.1) is 10.7 Å². The molecule has 1 aliphatic rings. The molecule has 2 rings (SSSR count). The topological polar surface area (TPSA) is 48.4 Å². The van der Waals surface area contributed by atoms with Crippen LogP contribution in [0.5, 0.6) is 0 Å². The van der Waals surface area contributed by atoms with Crippen LogP contribution in [-0.4, -0.2) is 41.2 Å². The van der Waals surface area contributed by atoms with Gasteiger partial charge >= 0.3 is 0 Å². The fraction of sp³-hybridized carbons (Fsp3) is 0.643. The van der Waals surface area contributed by atoms with Crippen LogP contribution in [0.2, 0.25) is 5.02 Å². The van der Waals surface area contributed by atoms with Gasteiger partial charge in [0.15, 0.2) is 0 Å². The normalized spacial score (nSPS) is 17.6. The number of aliphatic hydroxyl groups excluding tert-OH is 1. The number of pyridine rings is 1. The highest BCUT2D eigenvalue weighted by Gasteiger charge is 2.19. The molecule has 0 saturated carbocycles. The van der Waals surface area contributed by atoms with Crippen molar-refractivity contribution in [1.29, 1.82) is 0 Å². The van der Waals surface area contributed by atoms with E-state index in [4.69, 9.17) is 16.7 Å². The monoisotopic (exact) mass is 283 g/mol. The van der Waals surface area contributed by atoms with Crippen LogP contribution in [0.25, 0.3) is 0 Å². The number of nitrogens with zero attached hydrogens (tertiary/aromatic N) is 2. The predicted molar refractivity (Wildman–Crippen MR) is 78.5 cm³/mol. The Morgan fingerprint density at radius 1 is 1.42 bits per heavy atom. The molecule has 0 aliphatic carbocycles. The third-order valence-electron chi connectivity index (χ3n) is 3.62. The molecule has 0 atom stereocenters. The zero-order valence-corrected chi connectivity index (χ0v) is 12.2. The molecule has 1 aromatic rings. The van der Waals surface area contributed by atoms with Gasteiger partial charge in [-0.15, -0.1) is 0 Å². The maximum Gasteiger partial charge on any atom is 0.126 e. The van der Waals surface area contributed by atoms with Crippen molar-refractivity contribution >= 4 is 17.4 Å². The molecular weight excluding hydrogens is 262 g/mol. The molecule has 1 fully saturated rings. The Kier molecular flexibility index (Phi) is 5.43. The predicted octanol–water partition coefficient (Wildman–Crippen LogP) is 2.37. The second kappa shape index (κ2) is 7.08. The summed E-state index contributed by atoms with van der Waals surface area (Å²) in [5, 5.41) is 13.1. The summed E-state index contributed by atoms with van der Waals surface area (Å²) in [5.41, 5.74) is 0.933. The minimum atomic E-state index is 0.308. The fourth-order valence-electron chi connectivity index (χ4n) is 2.41. The van der Waals surface area contributed by atoms with Crippen LogP contribution in [0.15, 0.2) is 12.1 Å². The van der Waals surface area contributed by atoms with Crippen molar-refractivity contribution < 1.29 is 5.11 Å². The number of aliphatic hydroxyl groups is 1. The number of hydrogen-bond acceptors (Lipinski definition) is 4. The third-order valence-corrected chi connectivity index (χ3v) is 3.96. The molecule has 1 saturated heterocycles. The number of rotatable bonds is 5. The molecule has 4 nitrogen and oxygen atoms in total. The first-order valence-electron chi connectivity index (χ1n) is 6.95. The van der Waals surface area contributed by atoms with E-state index in [-0.39, 0.29) is 0 Å². The van der Waals surface area contributed by atoms with Crippen molar-refractivity contribution in [2.24, 2.45) is 5.92 Å². The van der Waals surface area contributed by atoms with E-state index < -0.39 is 0 Å². The van der Waals surface area contributed by atoms with Crippen LogP contribution in [0.3, 0.4) is 0 Å². The second-order valence-corrected chi connectivity index (χ2v) is 5.46. The molecule has 0 bridgehead atoms. The Labute approximate surface area is 119 Å². The molecule has 19 heavy (non-hydrogen) atoms. The van der Waals surface area contributed by atoms with Gasteiger partial charge in [0.1, 0.15) is 5.82 Å². The number of halogens is 1. The van der Waals surface area contributed by atoms with E-state index in [2.05, 4.69) is 22.1 Å². The molecule has 0 unspecified atom stereocenters. The highest BCUT2D eigenvalue weighted by atomic mass is 35.5. The molecule has 0 amide bonds. The van der Waals surface area contributed by atoms with Gasteiger partial charge in [-0.05, 0) is 50.9 Å². The maximum atomic E-state index is 9.15. The highest BCUT2D eigenvalue weighted by molar-refractivity contribution is 6.31. The van der Waals surface area contributed by atoms with Crippen molar-refractivity contribution in [3.63, 3.8) is 0 Å². The first-order valence-corrected chi connectivity index (χ1v) is 7.33. The average Bonchev–Trinajstić information content (AvgIpc) is 2.44. The Morgan fingerprint density at radius 2 is 2.16 bits per heavy atom. The van der Waals surface area contributed by atoms with Crippen LogP contribution in [-0.2, 0) is 6.54 Å². The van der Waals surface area contributed by atoms with Gasteiger partial charge in [0.2, 0.25) is 0 Å². The van der Waals surface area contributed by atoms with Gasteiger partial charge in [-0.1, -0.05) is 11.6 Å². The van der Waals surface area contributed by atoms with Crippen LogP contribution >= 0.6 is 11.6 Å². The number of nitrogens with one attached hydrogen (secondary N) is 1. The van der Waals surface area contributed by atoms with E-state index in [0.717, 1.165) is 55.6 Å². The van der Waals surface area contributed by atoms with Crippen molar-refractivity contribution in [1.82, 2.24) is 9.88 Å². The highest BCUT2D eigenvalue weighted by Crippen LogP contribution is 2.22. The van der Waals surface area contributed by atoms with E-state index in [9.17, 15) is 0 Å². The number of anilines is 1. The maximum absolute atomic E-state index is 9.15. The van der Waals surface area contributed by atoms with Crippen molar-refractivity contribution in [3.05, 3.63) is 22.8 Å². The first kappa shape index (κ1) is 14.6. The van der Waals surface area contributed by atoms with E-state index in [1.54, 1.807) is 0 Å². The fourth-order valence-corrected chi connectivity index (χ4v) is 2.58. The smallest absolute Gasteiger partial charge is 0.126 e. The van der Waals surface area contributed by atoms with Gasteiger partial charge in [-0.3, -0.25) is 4.90 Å². The molecule has 2 heterocycles. The lowest BCUT2D eigenvalue weighted by atomic mass is 9.98. The number of piperidine rings is 1. The Morgan fingerprint density at radius 3 is 2.79 bits per heavy atom. The summed E-state index contributed by atoms with van der Waals surface area (Å²) < 4.78 is 0. The Bertz CT molecular complexity index is 406. The van der Waals surface area contributed by atoms with Gasteiger partial charge in [-0.2, -0.15) is 0 Å². The molecule has 0 aromatic carbocycles. The van der Waals surface area contributed by atoms with Crippen molar-refractivity contribution in [2.45, 2.75) is 26.3 Å². The molecule has 106 valence electrons. The van der Waals surface area contributed by atoms with E-state index in [0.29, 0.717) is 12.5 Å². The summed E-state index contributed by atoms with van der Waals surface area (Å²) in [6, 6.07) is 3.82. The van der Waals surface area contributed by atoms with Crippen molar-refractivity contribution in [3.8, 4) is 0 Å². The molecule has 0 radical (unpaired) electrons. The second-order valence-electron chi connectivity index (χ2n) is 5.06. The number of hydrogen-bond donors (Lipinski definition) is 2. The third kappa shape index (κ3) is 4.06. The lowest BCUT2D eigenvalue weighted by Crippen LogP contribution is -2.34. The Balaban J connectivity index is 1.96. The van der Waals surface area contributed by atoms with Gasteiger partial charge < -0.3 is 10.4 Å². The summed E-state index contributed by atoms with van der Waals surface area (Å²) in [4.78, 5) is 6.92. The first-order chi connectivity index (χ1) is 9.22. The van der Waals surface area contributed by atoms with Gasteiger partial charge in [0.25, 0.3) is 0 Å². The minimum absolute atomic E-state index is 0.308.